The molecule has 1 rings (SSSR count). The fraction of sp³-hybridized carbons (Fsp3) is 0.250. The van der Waals surface area contributed by atoms with E-state index < -0.39 is 16.8 Å². The maximum absolute atomic E-state index is 11.4. The topological polar surface area (TPSA) is 87.3 Å². The Morgan fingerprint density at radius 1 is 1.87 bits per heavy atom. The molecule has 1 aromatic heterocycles. The zero-order valence-electron chi connectivity index (χ0n) is 8.04. The van der Waals surface area contributed by atoms with Crippen LogP contribution in [0.25, 0.3) is 0 Å². The third kappa shape index (κ3) is 2.19. The second-order valence-electron chi connectivity index (χ2n) is 2.62. The first-order valence-corrected chi connectivity index (χ1v) is 4.04. The van der Waals surface area contributed by atoms with Crippen molar-refractivity contribution in [2.24, 2.45) is 0 Å². The van der Waals surface area contributed by atoms with Crippen molar-refractivity contribution < 1.29 is 14.5 Å². The third-order valence-electron chi connectivity index (χ3n) is 1.61. The van der Waals surface area contributed by atoms with E-state index in [2.05, 4.69) is 16.3 Å². The summed E-state index contributed by atoms with van der Waals surface area (Å²) in [5.74, 6) is -0.211. The number of aromatic nitrogens is 2. The van der Waals surface area contributed by atoms with Crippen LogP contribution in [0, 0.1) is 17.0 Å². The second kappa shape index (κ2) is 4.36. The van der Waals surface area contributed by atoms with Gasteiger partial charge in [0.2, 0.25) is 5.82 Å². The molecule has 0 atom stereocenters. The minimum atomic E-state index is -0.836. The molecule has 7 heteroatoms. The fourth-order valence-electron chi connectivity index (χ4n) is 0.982. The summed E-state index contributed by atoms with van der Waals surface area (Å²) in [6.45, 7) is 4.83. The highest BCUT2D eigenvalue weighted by Crippen LogP contribution is 2.13. The summed E-state index contributed by atoms with van der Waals surface area (Å²) in [6, 6.07) is 0. The van der Waals surface area contributed by atoms with Crippen molar-refractivity contribution in [2.75, 3.05) is 6.61 Å². The minimum Gasteiger partial charge on any atom is -0.427 e. The molecule has 0 aliphatic carbocycles. The first-order valence-electron chi connectivity index (χ1n) is 4.04. The van der Waals surface area contributed by atoms with Gasteiger partial charge in [-0.1, -0.05) is 12.7 Å². The largest absolute Gasteiger partial charge is 0.513 e. The first kappa shape index (κ1) is 10.9. The highest BCUT2D eigenvalue weighted by atomic mass is 16.6. The lowest BCUT2D eigenvalue weighted by Crippen LogP contribution is -2.17. The van der Waals surface area contributed by atoms with Crippen LogP contribution >= 0.6 is 0 Å². The standard InChI is InChI=1S/C8H9N3O4/c1-3-4-15-8(12)10-6(2)9-5-7(10)11(13)14/h3,5H,1,4H2,2H3. The molecule has 0 amide bonds. The molecule has 0 aliphatic heterocycles. The van der Waals surface area contributed by atoms with Crippen molar-refractivity contribution >= 4 is 11.9 Å². The van der Waals surface area contributed by atoms with E-state index in [9.17, 15) is 14.9 Å². The van der Waals surface area contributed by atoms with Gasteiger partial charge < -0.3 is 14.9 Å². The van der Waals surface area contributed by atoms with E-state index >= 15 is 0 Å². The predicted molar refractivity (Wildman–Crippen MR) is 50.6 cm³/mol. The molecular weight excluding hydrogens is 202 g/mol. The summed E-state index contributed by atoms with van der Waals surface area (Å²) >= 11 is 0. The first-order chi connectivity index (χ1) is 7.07. The van der Waals surface area contributed by atoms with Gasteiger partial charge in [0.15, 0.2) is 0 Å². The van der Waals surface area contributed by atoms with Crippen molar-refractivity contribution in [3.05, 3.63) is 34.8 Å². The van der Waals surface area contributed by atoms with Crippen LogP contribution in [0.15, 0.2) is 18.9 Å². The Balaban J connectivity index is 3.00. The van der Waals surface area contributed by atoms with Crippen LogP contribution in [0.2, 0.25) is 0 Å². The third-order valence-corrected chi connectivity index (χ3v) is 1.61. The van der Waals surface area contributed by atoms with E-state index in [0.717, 1.165) is 10.8 Å². The highest BCUT2D eigenvalue weighted by Gasteiger charge is 2.25. The van der Waals surface area contributed by atoms with E-state index in [-0.39, 0.29) is 12.4 Å². The van der Waals surface area contributed by atoms with E-state index in [1.54, 1.807) is 0 Å². The van der Waals surface area contributed by atoms with Gasteiger partial charge in [0, 0.05) is 6.92 Å². The molecule has 0 fully saturated rings. The van der Waals surface area contributed by atoms with E-state index in [4.69, 9.17) is 0 Å². The molecule has 0 unspecified atom stereocenters. The quantitative estimate of drug-likeness (QED) is 0.426. The number of carbonyl (C=O) groups excluding carboxylic acids is 1. The number of carbonyl (C=O) groups is 1. The molecular formula is C8H9N3O4. The Labute approximate surface area is 85.1 Å². The Kier molecular flexibility index (Phi) is 3.17. The molecule has 0 saturated heterocycles. The van der Waals surface area contributed by atoms with Gasteiger partial charge in [-0.05, 0) is 4.92 Å². The Bertz CT molecular complexity index is 410. The average molecular weight is 211 g/mol. The number of ether oxygens (including phenoxy) is 1. The van der Waals surface area contributed by atoms with Crippen LogP contribution in [-0.4, -0.2) is 27.2 Å². The van der Waals surface area contributed by atoms with Crippen LogP contribution in [0.5, 0.6) is 0 Å². The van der Waals surface area contributed by atoms with Gasteiger partial charge in [-0.25, -0.2) is 4.98 Å². The highest BCUT2D eigenvalue weighted by molar-refractivity contribution is 5.74. The number of nitrogens with zero attached hydrogens (tertiary/aromatic N) is 3. The molecule has 0 N–H and O–H groups in total. The van der Waals surface area contributed by atoms with Gasteiger partial charge in [-0.2, -0.15) is 4.79 Å². The molecule has 0 aromatic carbocycles. The maximum Gasteiger partial charge on any atom is 0.513 e. The summed E-state index contributed by atoms with van der Waals surface area (Å²) in [5.41, 5.74) is 0. The number of nitro groups is 1. The molecule has 80 valence electrons. The van der Waals surface area contributed by atoms with Crippen LogP contribution in [0.1, 0.15) is 5.82 Å². The Morgan fingerprint density at radius 3 is 3.07 bits per heavy atom. The zero-order chi connectivity index (χ0) is 11.4. The summed E-state index contributed by atoms with van der Waals surface area (Å²) in [5, 5.41) is 10.5. The van der Waals surface area contributed by atoms with E-state index in [1.165, 1.54) is 13.0 Å². The molecule has 1 aromatic rings. The van der Waals surface area contributed by atoms with Crippen LogP contribution in [0.4, 0.5) is 10.6 Å². The van der Waals surface area contributed by atoms with E-state index in [0.29, 0.717) is 0 Å². The van der Waals surface area contributed by atoms with Crippen LogP contribution in [0.3, 0.4) is 0 Å². The molecule has 0 saturated carbocycles. The molecule has 7 nitrogen and oxygen atoms in total. The average Bonchev–Trinajstić information content (AvgIpc) is 2.56. The Morgan fingerprint density at radius 2 is 2.53 bits per heavy atom. The normalized spacial score (nSPS) is 9.67. The molecule has 0 aliphatic rings. The van der Waals surface area contributed by atoms with Gasteiger partial charge in [0.1, 0.15) is 12.8 Å². The molecule has 1 heterocycles. The lowest BCUT2D eigenvalue weighted by atomic mass is 10.6. The molecule has 0 bridgehead atoms. The van der Waals surface area contributed by atoms with Gasteiger partial charge >= 0.3 is 11.9 Å². The van der Waals surface area contributed by atoms with Crippen molar-refractivity contribution in [1.29, 1.82) is 0 Å². The second-order valence-corrected chi connectivity index (χ2v) is 2.62. The van der Waals surface area contributed by atoms with Crippen LogP contribution < -0.4 is 0 Å². The number of hydrogen-bond acceptors (Lipinski definition) is 5. The van der Waals surface area contributed by atoms with Crippen molar-refractivity contribution in [1.82, 2.24) is 9.55 Å². The molecule has 0 spiro atoms. The van der Waals surface area contributed by atoms with Crippen LogP contribution in [-0.2, 0) is 4.74 Å². The smallest absolute Gasteiger partial charge is 0.427 e. The van der Waals surface area contributed by atoms with E-state index in [1.807, 2.05) is 0 Å². The minimum absolute atomic E-state index is 0.00634. The molecule has 0 radical (unpaired) electrons. The lowest BCUT2D eigenvalue weighted by molar-refractivity contribution is -0.391. The molecule has 15 heavy (non-hydrogen) atoms. The monoisotopic (exact) mass is 211 g/mol. The van der Waals surface area contributed by atoms with Crippen molar-refractivity contribution in [3.63, 3.8) is 0 Å². The fourth-order valence-corrected chi connectivity index (χ4v) is 0.982. The van der Waals surface area contributed by atoms with Gasteiger partial charge in [-0.3, -0.25) is 0 Å². The van der Waals surface area contributed by atoms with Crippen molar-refractivity contribution in [2.45, 2.75) is 6.92 Å². The number of hydrogen-bond donors (Lipinski definition) is 0. The van der Waals surface area contributed by atoms with Gasteiger partial charge in [-0.15, -0.1) is 4.57 Å². The number of aryl methyl sites for hydroxylation is 1. The summed E-state index contributed by atoms with van der Waals surface area (Å²) in [6.07, 6.45) is 1.54. The zero-order valence-corrected chi connectivity index (χ0v) is 8.04. The maximum atomic E-state index is 11.4. The van der Waals surface area contributed by atoms with Gasteiger partial charge in [0.05, 0.1) is 0 Å². The SMILES string of the molecule is C=CCOC(=O)n1c([N+](=O)[O-])cnc1C. The lowest BCUT2D eigenvalue weighted by Gasteiger charge is -2.00. The number of imidazole rings is 1. The summed E-state index contributed by atoms with van der Waals surface area (Å²) in [7, 11) is 0. The predicted octanol–water partition coefficient (Wildman–Crippen LogP) is 1.27. The van der Waals surface area contributed by atoms with Crippen molar-refractivity contribution in [3.8, 4) is 0 Å². The summed E-state index contributed by atoms with van der Waals surface area (Å²) in [4.78, 5) is 24.9. The van der Waals surface area contributed by atoms with Gasteiger partial charge in [0.25, 0.3) is 0 Å². The summed E-state index contributed by atoms with van der Waals surface area (Å²) < 4.78 is 5.46. The number of rotatable bonds is 3. The Hall–Kier alpha value is -2.18.